The lowest BCUT2D eigenvalue weighted by atomic mass is 10.2. The zero-order chi connectivity index (χ0) is 23.9. The van der Waals surface area contributed by atoms with E-state index < -0.39 is 5.25 Å². The number of hydrogen-bond donors (Lipinski definition) is 1. The molecule has 1 atom stereocenters. The van der Waals surface area contributed by atoms with Crippen LogP contribution >= 0.6 is 11.8 Å². The molecule has 0 aliphatic carbocycles. The Balaban J connectivity index is 1.32. The molecule has 2 aromatic carbocycles. The van der Waals surface area contributed by atoms with Gasteiger partial charge in [0, 0.05) is 48.8 Å². The molecular weight excluding hydrogens is 450 g/mol. The third-order valence-corrected chi connectivity index (χ3v) is 6.74. The lowest BCUT2D eigenvalue weighted by Gasteiger charge is -2.28. The summed E-state index contributed by atoms with van der Waals surface area (Å²) < 4.78 is 11.2. The van der Waals surface area contributed by atoms with Crippen LogP contribution in [-0.2, 0) is 9.53 Å². The third-order valence-electron chi connectivity index (χ3n) is 5.81. The van der Waals surface area contributed by atoms with Crippen molar-refractivity contribution in [3.63, 3.8) is 0 Å². The standard InChI is InChI=1S/C25H31N5O3S/c1-4-29(5-2)21-10-6-19(7-11-21)24-27-28-25(33-24)34-18(3)23(31)26-20-8-12-22(13-9-20)30-14-16-32-17-15-30/h6-13,18H,4-5,14-17H2,1-3H3,(H,26,31). The highest BCUT2D eigenvalue weighted by Gasteiger charge is 2.19. The van der Waals surface area contributed by atoms with Crippen molar-refractivity contribution in [1.82, 2.24) is 10.2 Å². The molecule has 4 rings (SSSR count). The number of carbonyl (C=O) groups is 1. The minimum Gasteiger partial charge on any atom is -0.411 e. The lowest BCUT2D eigenvalue weighted by Crippen LogP contribution is -2.36. The number of carbonyl (C=O) groups excluding carboxylic acids is 1. The summed E-state index contributed by atoms with van der Waals surface area (Å²) in [5, 5.41) is 11.2. The van der Waals surface area contributed by atoms with Crippen molar-refractivity contribution >= 4 is 34.7 Å². The summed E-state index contributed by atoms with van der Waals surface area (Å²) in [4.78, 5) is 17.2. The van der Waals surface area contributed by atoms with Gasteiger partial charge in [-0.2, -0.15) is 0 Å². The Labute approximate surface area is 204 Å². The van der Waals surface area contributed by atoms with Gasteiger partial charge in [-0.05, 0) is 69.3 Å². The second kappa shape index (κ2) is 11.4. The monoisotopic (exact) mass is 481 g/mol. The van der Waals surface area contributed by atoms with Crippen LogP contribution in [0.5, 0.6) is 0 Å². The molecule has 2 heterocycles. The maximum atomic E-state index is 12.7. The van der Waals surface area contributed by atoms with Gasteiger partial charge in [0.15, 0.2) is 0 Å². The zero-order valence-corrected chi connectivity index (χ0v) is 20.7. The fourth-order valence-corrected chi connectivity index (χ4v) is 4.49. The molecule has 1 aliphatic rings. The largest absolute Gasteiger partial charge is 0.411 e. The summed E-state index contributed by atoms with van der Waals surface area (Å²) >= 11 is 1.24. The quantitative estimate of drug-likeness (QED) is 0.446. The summed E-state index contributed by atoms with van der Waals surface area (Å²) in [5.41, 5.74) is 3.90. The first kappa shape index (κ1) is 24.1. The Morgan fingerprint density at radius 3 is 2.38 bits per heavy atom. The molecule has 8 nitrogen and oxygen atoms in total. The molecule has 1 aromatic heterocycles. The van der Waals surface area contributed by atoms with Crippen molar-refractivity contribution in [2.75, 3.05) is 54.5 Å². The number of ether oxygens (including phenoxy) is 1. The smallest absolute Gasteiger partial charge is 0.277 e. The molecular formula is C25H31N5O3S. The number of nitrogens with zero attached hydrogens (tertiary/aromatic N) is 4. The molecule has 1 fully saturated rings. The molecule has 3 aromatic rings. The van der Waals surface area contributed by atoms with E-state index in [1.165, 1.54) is 11.8 Å². The summed E-state index contributed by atoms with van der Waals surface area (Å²) in [6.45, 7) is 11.2. The molecule has 1 saturated heterocycles. The van der Waals surface area contributed by atoms with Gasteiger partial charge in [0.2, 0.25) is 11.8 Å². The Hall–Kier alpha value is -3.04. The van der Waals surface area contributed by atoms with E-state index in [9.17, 15) is 4.79 Å². The molecule has 1 unspecified atom stereocenters. The number of aromatic nitrogens is 2. The average molecular weight is 482 g/mol. The van der Waals surface area contributed by atoms with Crippen LogP contribution in [-0.4, -0.2) is 60.7 Å². The van der Waals surface area contributed by atoms with Crippen LogP contribution in [0, 0.1) is 0 Å². The van der Waals surface area contributed by atoms with Crippen molar-refractivity contribution in [2.45, 2.75) is 31.2 Å². The molecule has 0 spiro atoms. The molecule has 34 heavy (non-hydrogen) atoms. The van der Waals surface area contributed by atoms with Crippen LogP contribution < -0.4 is 15.1 Å². The molecule has 9 heteroatoms. The Morgan fingerprint density at radius 2 is 1.74 bits per heavy atom. The number of amides is 1. The number of rotatable bonds is 9. The molecule has 0 radical (unpaired) electrons. The van der Waals surface area contributed by atoms with E-state index in [-0.39, 0.29) is 5.91 Å². The van der Waals surface area contributed by atoms with Crippen LogP contribution in [0.25, 0.3) is 11.5 Å². The number of nitrogens with one attached hydrogen (secondary N) is 1. The summed E-state index contributed by atoms with van der Waals surface area (Å²) in [6, 6.07) is 16.0. The fourth-order valence-electron chi connectivity index (χ4n) is 3.80. The van der Waals surface area contributed by atoms with Gasteiger partial charge in [-0.15, -0.1) is 10.2 Å². The first-order valence-corrected chi connectivity index (χ1v) is 12.5. The maximum Gasteiger partial charge on any atom is 0.277 e. The molecule has 180 valence electrons. The van der Waals surface area contributed by atoms with E-state index in [1.807, 2.05) is 43.3 Å². The van der Waals surface area contributed by atoms with Gasteiger partial charge < -0.3 is 24.3 Å². The van der Waals surface area contributed by atoms with E-state index in [4.69, 9.17) is 9.15 Å². The first-order valence-electron chi connectivity index (χ1n) is 11.7. The summed E-state index contributed by atoms with van der Waals surface area (Å²) in [7, 11) is 0. The van der Waals surface area contributed by atoms with Gasteiger partial charge in [0.1, 0.15) is 0 Å². The first-order chi connectivity index (χ1) is 16.6. The number of anilines is 3. The topological polar surface area (TPSA) is 83.7 Å². The van der Waals surface area contributed by atoms with Crippen molar-refractivity contribution in [2.24, 2.45) is 0 Å². The molecule has 1 N–H and O–H groups in total. The highest BCUT2D eigenvalue weighted by atomic mass is 32.2. The van der Waals surface area contributed by atoms with Gasteiger partial charge in [-0.25, -0.2) is 0 Å². The second-order valence-electron chi connectivity index (χ2n) is 7.99. The van der Waals surface area contributed by atoms with Gasteiger partial charge in [0.05, 0.1) is 18.5 Å². The summed E-state index contributed by atoms with van der Waals surface area (Å²) in [6.07, 6.45) is 0. The number of morpholine rings is 1. The van der Waals surface area contributed by atoms with Crippen molar-refractivity contribution in [1.29, 1.82) is 0 Å². The normalized spacial score (nSPS) is 14.6. The lowest BCUT2D eigenvalue weighted by molar-refractivity contribution is -0.115. The number of hydrogen-bond acceptors (Lipinski definition) is 8. The van der Waals surface area contributed by atoms with Crippen LogP contribution in [0.1, 0.15) is 20.8 Å². The third kappa shape index (κ3) is 5.90. The fraction of sp³-hybridized carbons (Fsp3) is 0.400. The van der Waals surface area contributed by atoms with Gasteiger partial charge in [0.25, 0.3) is 5.22 Å². The average Bonchev–Trinajstić information content (AvgIpc) is 3.34. The van der Waals surface area contributed by atoms with Crippen LogP contribution in [0.3, 0.4) is 0 Å². The Bertz CT molecular complexity index is 1060. The van der Waals surface area contributed by atoms with E-state index >= 15 is 0 Å². The Morgan fingerprint density at radius 1 is 1.06 bits per heavy atom. The van der Waals surface area contributed by atoms with E-state index in [0.29, 0.717) is 11.1 Å². The van der Waals surface area contributed by atoms with E-state index in [1.54, 1.807) is 0 Å². The van der Waals surface area contributed by atoms with Crippen molar-refractivity contribution < 1.29 is 13.9 Å². The molecule has 0 bridgehead atoms. The predicted molar refractivity (Wildman–Crippen MR) is 137 cm³/mol. The SMILES string of the molecule is CCN(CC)c1ccc(-c2nnc(SC(C)C(=O)Nc3ccc(N4CCOCC4)cc3)o2)cc1. The molecule has 1 aliphatic heterocycles. The second-order valence-corrected chi connectivity index (χ2v) is 9.28. The highest BCUT2D eigenvalue weighted by molar-refractivity contribution is 8.00. The van der Waals surface area contributed by atoms with Gasteiger partial charge >= 0.3 is 0 Å². The van der Waals surface area contributed by atoms with Crippen molar-refractivity contribution in [3.05, 3.63) is 48.5 Å². The van der Waals surface area contributed by atoms with Gasteiger partial charge in [-0.3, -0.25) is 4.79 Å². The number of thioether (sulfide) groups is 1. The van der Waals surface area contributed by atoms with E-state index in [2.05, 4.69) is 51.3 Å². The van der Waals surface area contributed by atoms with Crippen LogP contribution in [0.2, 0.25) is 0 Å². The summed E-state index contributed by atoms with van der Waals surface area (Å²) in [5.74, 6) is 0.326. The maximum absolute atomic E-state index is 12.7. The van der Waals surface area contributed by atoms with E-state index in [0.717, 1.165) is 62.0 Å². The highest BCUT2D eigenvalue weighted by Crippen LogP contribution is 2.28. The van der Waals surface area contributed by atoms with Crippen LogP contribution in [0.4, 0.5) is 17.1 Å². The van der Waals surface area contributed by atoms with Crippen molar-refractivity contribution in [3.8, 4) is 11.5 Å². The number of benzene rings is 2. The molecule has 1 amide bonds. The van der Waals surface area contributed by atoms with Crippen LogP contribution in [0.15, 0.2) is 58.2 Å². The predicted octanol–water partition coefficient (Wildman–Crippen LogP) is 4.54. The Kier molecular flexibility index (Phi) is 8.08. The van der Waals surface area contributed by atoms with Gasteiger partial charge in [-0.1, -0.05) is 11.8 Å². The zero-order valence-electron chi connectivity index (χ0n) is 19.9. The minimum absolute atomic E-state index is 0.118. The molecule has 0 saturated carbocycles. The minimum atomic E-state index is -0.391.